The van der Waals surface area contributed by atoms with Gasteiger partial charge in [-0.05, 0) is 53.5 Å². The molecule has 0 radical (unpaired) electrons. The van der Waals surface area contributed by atoms with Gasteiger partial charge in [0, 0.05) is 10.9 Å². The molecular weight excluding hydrogens is 280 g/mol. The average molecular weight is 296 g/mol. The number of nitrogens with zero attached hydrogens (tertiary/aromatic N) is 2. The summed E-state index contributed by atoms with van der Waals surface area (Å²) in [5.74, 6) is 1.58. The number of rotatable bonds is 2. The highest BCUT2D eigenvalue weighted by atomic mass is 14.7. The van der Waals surface area contributed by atoms with Crippen LogP contribution in [0, 0.1) is 17.2 Å². The number of nitriles is 1. The quantitative estimate of drug-likeness (QED) is 0.691. The molecule has 0 bridgehead atoms. The van der Waals surface area contributed by atoms with Crippen LogP contribution in [0.15, 0.2) is 48.5 Å². The van der Waals surface area contributed by atoms with E-state index in [-0.39, 0.29) is 0 Å². The van der Waals surface area contributed by atoms with E-state index in [1.165, 1.54) is 29.5 Å². The number of aromatic nitrogens is 1. The van der Waals surface area contributed by atoms with Gasteiger partial charge in [-0.3, -0.25) is 0 Å². The first-order chi connectivity index (χ1) is 11.3. The minimum absolute atomic E-state index is 0.408. The Hall–Kier alpha value is -2.66. The van der Waals surface area contributed by atoms with Crippen LogP contribution < -0.4 is 0 Å². The molecule has 0 N–H and O–H groups in total. The zero-order valence-electron chi connectivity index (χ0n) is 12.8. The monoisotopic (exact) mass is 296 g/mol. The molecule has 110 valence electrons. The van der Waals surface area contributed by atoms with Gasteiger partial charge < -0.3 is 0 Å². The molecule has 1 heterocycles. The largest absolute Gasteiger partial charge is 0.247 e. The number of hydrogen-bond acceptors (Lipinski definition) is 2. The predicted molar refractivity (Wildman–Crippen MR) is 91.0 cm³/mol. The van der Waals surface area contributed by atoms with Crippen molar-refractivity contribution in [1.82, 2.24) is 4.98 Å². The molecule has 1 fully saturated rings. The highest BCUT2D eigenvalue weighted by molar-refractivity contribution is 5.84. The van der Waals surface area contributed by atoms with Crippen LogP contribution in [0.2, 0.25) is 0 Å². The topological polar surface area (TPSA) is 36.7 Å². The smallest absolute Gasteiger partial charge is 0.0755 e. The molecule has 2 aliphatic rings. The predicted octanol–water partition coefficient (Wildman–Crippen LogP) is 4.63. The first kappa shape index (κ1) is 12.8. The molecule has 0 aliphatic heterocycles. The molecule has 2 atom stereocenters. The minimum Gasteiger partial charge on any atom is -0.247 e. The third-order valence-electron chi connectivity index (χ3n) is 5.30. The zero-order valence-corrected chi connectivity index (χ0v) is 12.8. The molecule has 2 nitrogen and oxygen atoms in total. The summed E-state index contributed by atoms with van der Waals surface area (Å²) in [5, 5.41) is 10.3. The molecule has 1 saturated carbocycles. The van der Waals surface area contributed by atoms with E-state index in [2.05, 4.69) is 42.5 Å². The van der Waals surface area contributed by atoms with Crippen molar-refractivity contribution in [3.05, 3.63) is 65.2 Å². The first-order valence-corrected chi connectivity index (χ1v) is 8.23. The lowest BCUT2D eigenvalue weighted by Crippen LogP contribution is -1.98. The van der Waals surface area contributed by atoms with Crippen LogP contribution in [0.25, 0.3) is 22.2 Å². The van der Waals surface area contributed by atoms with Gasteiger partial charge >= 0.3 is 0 Å². The fraction of sp³-hybridized carbons (Fsp3) is 0.238. The van der Waals surface area contributed by atoms with E-state index < -0.39 is 0 Å². The fourth-order valence-corrected chi connectivity index (χ4v) is 4.16. The standard InChI is InChI=1S/C21H16N2/c22-9-8-15-10-13-4-1-2-7-19(13)23-21(15)17-6-3-5-14-11-16-12-18(16)20(14)17/h1-7,10,16,18H,8,11-12H2. The first-order valence-electron chi connectivity index (χ1n) is 8.23. The van der Waals surface area contributed by atoms with Crippen molar-refractivity contribution in [2.24, 2.45) is 5.92 Å². The maximum absolute atomic E-state index is 9.24. The van der Waals surface area contributed by atoms with E-state index in [1.807, 2.05) is 12.1 Å². The molecule has 2 heteroatoms. The van der Waals surface area contributed by atoms with Gasteiger partial charge in [0.15, 0.2) is 0 Å². The van der Waals surface area contributed by atoms with E-state index in [1.54, 1.807) is 0 Å². The van der Waals surface area contributed by atoms with Gasteiger partial charge in [-0.2, -0.15) is 5.26 Å². The second-order valence-electron chi connectivity index (χ2n) is 6.71. The van der Waals surface area contributed by atoms with E-state index in [4.69, 9.17) is 4.98 Å². The summed E-state index contributed by atoms with van der Waals surface area (Å²) < 4.78 is 0. The summed E-state index contributed by atoms with van der Waals surface area (Å²) in [6.45, 7) is 0. The van der Waals surface area contributed by atoms with Gasteiger partial charge in [-0.25, -0.2) is 4.98 Å². The number of hydrogen-bond donors (Lipinski definition) is 0. The van der Waals surface area contributed by atoms with Crippen molar-refractivity contribution in [2.45, 2.75) is 25.2 Å². The van der Waals surface area contributed by atoms with Crippen LogP contribution in [0.4, 0.5) is 0 Å². The summed E-state index contributed by atoms with van der Waals surface area (Å²) in [6, 6.07) is 19.2. The van der Waals surface area contributed by atoms with E-state index >= 15 is 0 Å². The Morgan fingerprint density at radius 2 is 2.04 bits per heavy atom. The van der Waals surface area contributed by atoms with Gasteiger partial charge in [-0.15, -0.1) is 0 Å². The maximum atomic E-state index is 9.24. The Bertz CT molecular complexity index is 981. The Morgan fingerprint density at radius 1 is 1.13 bits per heavy atom. The second kappa shape index (κ2) is 4.67. The van der Waals surface area contributed by atoms with Crippen molar-refractivity contribution in [3.63, 3.8) is 0 Å². The summed E-state index contributed by atoms with van der Waals surface area (Å²) in [4.78, 5) is 4.94. The zero-order chi connectivity index (χ0) is 15.4. The van der Waals surface area contributed by atoms with Crippen LogP contribution in [0.1, 0.15) is 29.0 Å². The molecule has 1 aromatic heterocycles. The van der Waals surface area contributed by atoms with Crippen LogP contribution in [-0.4, -0.2) is 4.98 Å². The molecule has 23 heavy (non-hydrogen) atoms. The van der Waals surface area contributed by atoms with Gasteiger partial charge in [0.25, 0.3) is 0 Å². The summed E-state index contributed by atoms with van der Waals surface area (Å²) in [6.07, 6.45) is 2.95. The second-order valence-corrected chi connectivity index (χ2v) is 6.71. The molecule has 0 amide bonds. The Labute approximate surface area is 135 Å². The van der Waals surface area contributed by atoms with Gasteiger partial charge in [0.1, 0.15) is 0 Å². The van der Waals surface area contributed by atoms with E-state index in [0.29, 0.717) is 6.42 Å². The van der Waals surface area contributed by atoms with Crippen LogP contribution in [0.3, 0.4) is 0 Å². The minimum atomic E-state index is 0.408. The van der Waals surface area contributed by atoms with Crippen molar-refractivity contribution in [3.8, 4) is 17.3 Å². The Kier molecular flexibility index (Phi) is 2.60. The normalized spacial score (nSPS) is 20.8. The highest BCUT2D eigenvalue weighted by Crippen LogP contribution is 2.58. The molecule has 3 aromatic rings. The van der Waals surface area contributed by atoms with Crippen molar-refractivity contribution >= 4 is 10.9 Å². The fourth-order valence-electron chi connectivity index (χ4n) is 4.16. The lowest BCUT2D eigenvalue weighted by atomic mass is 9.93. The lowest BCUT2D eigenvalue weighted by Gasteiger charge is -2.14. The van der Waals surface area contributed by atoms with E-state index in [9.17, 15) is 5.26 Å². The van der Waals surface area contributed by atoms with Gasteiger partial charge in [0.2, 0.25) is 0 Å². The molecule has 2 aromatic carbocycles. The van der Waals surface area contributed by atoms with Crippen LogP contribution in [0.5, 0.6) is 0 Å². The van der Waals surface area contributed by atoms with E-state index in [0.717, 1.165) is 34.0 Å². The number of para-hydroxylation sites is 1. The summed E-state index contributed by atoms with van der Waals surface area (Å²) in [5.41, 5.74) is 7.30. The lowest BCUT2D eigenvalue weighted by molar-refractivity contribution is 0.857. The molecule has 5 rings (SSSR count). The number of fused-ring (bicyclic) bond motifs is 4. The van der Waals surface area contributed by atoms with Crippen molar-refractivity contribution < 1.29 is 0 Å². The molecule has 2 unspecified atom stereocenters. The Morgan fingerprint density at radius 3 is 2.96 bits per heavy atom. The molecular formula is C21H16N2. The number of benzene rings is 2. The van der Waals surface area contributed by atoms with Crippen molar-refractivity contribution in [1.29, 1.82) is 5.26 Å². The van der Waals surface area contributed by atoms with Gasteiger partial charge in [-0.1, -0.05) is 36.4 Å². The molecule has 2 aliphatic carbocycles. The van der Waals surface area contributed by atoms with Crippen LogP contribution >= 0.6 is 0 Å². The summed E-state index contributed by atoms with van der Waals surface area (Å²) >= 11 is 0. The number of pyridine rings is 1. The average Bonchev–Trinajstić information content (AvgIpc) is 3.25. The third kappa shape index (κ3) is 1.90. The van der Waals surface area contributed by atoms with Crippen LogP contribution in [-0.2, 0) is 12.8 Å². The maximum Gasteiger partial charge on any atom is 0.0755 e. The molecule has 0 saturated heterocycles. The molecule has 0 spiro atoms. The van der Waals surface area contributed by atoms with Crippen molar-refractivity contribution in [2.75, 3.05) is 0 Å². The third-order valence-corrected chi connectivity index (χ3v) is 5.30. The van der Waals surface area contributed by atoms with Gasteiger partial charge in [0.05, 0.1) is 23.7 Å². The Balaban J connectivity index is 1.79. The summed E-state index contributed by atoms with van der Waals surface area (Å²) in [7, 11) is 0. The SMILES string of the molecule is N#CCc1cc2ccccc2nc1-c1cccc2c1C1CC1C2. The highest BCUT2D eigenvalue weighted by Gasteiger charge is 2.46.